The van der Waals surface area contributed by atoms with Crippen molar-refractivity contribution >= 4 is 18.0 Å². The van der Waals surface area contributed by atoms with Crippen LogP contribution in [0.5, 0.6) is 0 Å². The molecule has 1 N–H and O–H groups in total. The highest BCUT2D eigenvalue weighted by Crippen LogP contribution is 2.45. The van der Waals surface area contributed by atoms with Gasteiger partial charge in [0.2, 0.25) is 0 Å². The lowest BCUT2D eigenvalue weighted by molar-refractivity contribution is -0.163. The molecule has 0 aromatic heterocycles. The highest BCUT2D eigenvalue weighted by Gasteiger charge is 2.42. The van der Waals surface area contributed by atoms with Crippen molar-refractivity contribution in [2.75, 3.05) is 6.61 Å². The lowest BCUT2D eigenvalue weighted by Crippen LogP contribution is -2.47. The molecule has 2 aliphatic carbocycles. The van der Waals surface area contributed by atoms with Crippen LogP contribution in [0.4, 0.5) is 4.79 Å². The van der Waals surface area contributed by atoms with Crippen molar-refractivity contribution in [3.63, 3.8) is 0 Å². The van der Waals surface area contributed by atoms with Gasteiger partial charge in [-0.1, -0.05) is 178 Å². The molecule has 1 saturated carbocycles. The van der Waals surface area contributed by atoms with E-state index in [1.807, 2.05) is 97.1 Å². The summed E-state index contributed by atoms with van der Waals surface area (Å²) in [5.74, 6) is -1.15. The molecule has 0 radical (unpaired) electrons. The third-order valence-corrected chi connectivity index (χ3v) is 11.7. The van der Waals surface area contributed by atoms with Crippen LogP contribution in [-0.2, 0) is 29.4 Å². The summed E-state index contributed by atoms with van der Waals surface area (Å²) in [5, 5.41) is 2.67. The minimum atomic E-state index is -1.38. The lowest BCUT2D eigenvalue weighted by atomic mass is 9.78. The van der Waals surface area contributed by atoms with E-state index in [1.54, 1.807) is 20.8 Å². The third kappa shape index (κ3) is 9.96. The molecule has 1 fully saturated rings. The van der Waals surface area contributed by atoms with E-state index >= 15 is 0 Å². The van der Waals surface area contributed by atoms with Gasteiger partial charge >= 0.3 is 18.0 Å². The monoisotopic (exact) mass is 791 g/mol. The molecule has 1 atom stereocenters. The molecule has 2 aliphatic rings. The molecule has 7 heteroatoms. The second kappa shape index (κ2) is 18.9. The van der Waals surface area contributed by atoms with Gasteiger partial charge in [0.1, 0.15) is 18.2 Å². The van der Waals surface area contributed by atoms with E-state index < -0.39 is 41.7 Å². The molecule has 5 aromatic carbocycles. The first-order valence-electron chi connectivity index (χ1n) is 21.4. The van der Waals surface area contributed by atoms with Gasteiger partial charge in [0.25, 0.3) is 0 Å². The maximum atomic E-state index is 14.5. The van der Waals surface area contributed by atoms with Crippen LogP contribution < -0.4 is 5.32 Å². The predicted molar refractivity (Wildman–Crippen MR) is 232 cm³/mol. The molecule has 0 bridgehead atoms. The fourth-order valence-corrected chi connectivity index (χ4v) is 8.88. The van der Waals surface area contributed by atoms with Crippen molar-refractivity contribution in [1.29, 1.82) is 0 Å². The Balaban J connectivity index is 1.16. The van der Waals surface area contributed by atoms with Gasteiger partial charge in [0.15, 0.2) is 5.60 Å². The van der Waals surface area contributed by atoms with Crippen LogP contribution in [-0.4, -0.2) is 36.3 Å². The molecule has 0 unspecified atom stereocenters. The van der Waals surface area contributed by atoms with E-state index in [9.17, 15) is 14.4 Å². The number of nitrogens with one attached hydrogen (secondary N) is 1. The number of benzene rings is 5. The van der Waals surface area contributed by atoms with Crippen LogP contribution in [0.2, 0.25) is 0 Å². The number of alkyl carbamates (subject to hydrolysis) is 1. The predicted octanol–water partition coefficient (Wildman–Crippen LogP) is 11.8. The number of carbonyl (C=O) groups is 3. The minimum absolute atomic E-state index is 0.0489. The van der Waals surface area contributed by atoms with E-state index in [-0.39, 0.29) is 12.5 Å². The van der Waals surface area contributed by atoms with Crippen LogP contribution >= 0.6 is 0 Å². The van der Waals surface area contributed by atoms with Crippen LogP contribution in [0, 0.1) is 0 Å². The van der Waals surface area contributed by atoms with Crippen LogP contribution in [0.1, 0.15) is 130 Å². The number of ether oxygens (including phenoxy) is 3. The zero-order chi connectivity index (χ0) is 41.2. The molecule has 7 rings (SSSR count). The zero-order valence-electron chi connectivity index (χ0n) is 34.7. The Morgan fingerprint density at radius 1 is 0.593 bits per heavy atom. The van der Waals surface area contributed by atoms with Crippen molar-refractivity contribution in [2.24, 2.45) is 0 Å². The number of hydrogen-bond donors (Lipinski definition) is 1. The fourth-order valence-electron chi connectivity index (χ4n) is 8.88. The van der Waals surface area contributed by atoms with Gasteiger partial charge in [-0.15, -0.1) is 0 Å². The molecule has 1 amide bonds. The Labute approximate surface area is 349 Å². The molecule has 0 saturated heterocycles. The molecular formula is C52H57NO6. The zero-order valence-corrected chi connectivity index (χ0v) is 34.7. The van der Waals surface area contributed by atoms with Crippen LogP contribution in [0.15, 0.2) is 133 Å². The van der Waals surface area contributed by atoms with E-state index in [4.69, 9.17) is 14.2 Å². The Kier molecular flexibility index (Phi) is 13.3. The molecular weight excluding hydrogens is 735 g/mol. The van der Waals surface area contributed by atoms with Crippen LogP contribution in [0.3, 0.4) is 0 Å². The summed E-state index contributed by atoms with van der Waals surface area (Å²) in [7, 11) is 0. The van der Waals surface area contributed by atoms with E-state index in [0.717, 1.165) is 38.9 Å². The van der Waals surface area contributed by atoms with Crippen molar-refractivity contribution in [2.45, 2.75) is 114 Å². The lowest BCUT2D eigenvalue weighted by Gasteiger charge is -2.36. The average Bonchev–Trinajstić information content (AvgIpc) is 3.57. The maximum absolute atomic E-state index is 14.5. The molecule has 306 valence electrons. The molecule has 0 spiro atoms. The van der Waals surface area contributed by atoms with Gasteiger partial charge in [-0.3, -0.25) is 4.79 Å². The Morgan fingerprint density at radius 3 is 1.59 bits per heavy atom. The summed E-state index contributed by atoms with van der Waals surface area (Å²) in [6.45, 7) is 5.28. The normalized spacial score (nSPS) is 15.6. The van der Waals surface area contributed by atoms with Gasteiger partial charge in [0, 0.05) is 22.6 Å². The third-order valence-electron chi connectivity index (χ3n) is 11.7. The van der Waals surface area contributed by atoms with E-state index in [1.165, 1.54) is 63.4 Å². The second-order valence-corrected chi connectivity index (χ2v) is 17.0. The Bertz CT molecular complexity index is 2080. The first-order valence-corrected chi connectivity index (χ1v) is 21.4. The first-order chi connectivity index (χ1) is 28.6. The average molecular weight is 792 g/mol. The fraction of sp³-hybridized carbons (Fsp3) is 0.365. The maximum Gasteiger partial charge on any atom is 0.407 e. The topological polar surface area (TPSA) is 90.9 Å². The number of carbonyl (C=O) groups excluding carboxylic acids is 3. The van der Waals surface area contributed by atoms with Gasteiger partial charge in [0.05, 0.1) is 6.42 Å². The van der Waals surface area contributed by atoms with Gasteiger partial charge in [-0.2, -0.15) is 0 Å². The summed E-state index contributed by atoms with van der Waals surface area (Å²) < 4.78 is 18.3. The number of amides is 1. The van der Waals surface area contributed by atoms with Crippen LogP contribution in [0.25, 0.3) is 11.1 Å². The van der Waals surface area contributed by atoms with Gasteiger partial charge in [-0.25, -0.2) is 9.59 Å². The number of esters is 2. The molecule has 5 aromatic rings. The Morgan fingerprint density at radius 2 is 1.07 bits per heavy atom. The van der Waals surface area contributed by atoms with E-state index in [0.29, 0.717) is 5.92 Å². The van der Waals surface area contributed by atoms with Crippen molar-refractivity contribution in [3.8, 4) is 11.1 Å². The second-order valence-electron chi connectivity index (χ2n) is 17.0. The van der Waals surface area contributed by atoms with Gasteiger partial charge in [-0.05, 0) is 67.3 Å². The molecule has 59 heavy (non-hydrogen) atoms. The van der Waals surface area contributed by atoms with Gasteiger partial charge < -0.3 is 19.5 Å². The SMILES string of the molecule is CC(C)(C)OC(=O)[C@H](CC(=O)OC(c1ccccc1)(c1ccccc1)c1ccc(C2CCCCCCCCC2)cc1)NC(=O)OCC1c2ccccc2-c2ccccc21. The number of fused-ring (bicyclic) bond motifs is 3. The minimum Gasteiger partial charge on any atom is -0.458 e. The summed E-state index contributed by atoms with van der Waals surface area (Å²) in [4.78, 5) is 41.9. The summed E-state index contributed by atoms with van der Waals surface area (Å²) in [6.07, 6.45) is 9.97. The molecule has 7 nitrogen and oxygen atoms in total. The quantitative estimate of drug-likeness (QED) is 0.0814. The smallest absolute Gasteiger partial charge is 0.407 e. The molecule has 0 aliphatic heterocycles. The Hall–Kier alpha value is -5.69. The van der Waals surface area contributed by atoms with Crippen molar-refractivity contribution in [1.82, 2.24) is 5.32 Å². The largest absolute Gasteiger partial charge is 0.458 e. The number of hydrogen-bond acceptors (Lipinski definition) is 6. The summed E-state index contributed by atoms with van der Waals surface area (Å²) in [5.41, 5.74) is 5.68. The summed E-state index contributed by atoms with van der Waals surface area (Å²) in [6, 6.07) is 42.7. The highest BCUT2D eigenvalue weighted by molar-refractivity contribution is 5.87. The summed E-state index contributed by atoms with van der Waals surface area (Å²) >= 11 is 0. The standard InChI is InChI=1S/C52H57NO6/c1-51(2,3)59-49(55)47(53-50(56)57-36-46-44-29-19-17-27-42(44)43-28-18-20-30-45(43)46)35-48(54)58-52(39-23-13-9-14-24-39,40-25-15-10-16-26-40)41-33-31-38(32-34-41)37-21-11-7-5-4-6-8-12-22-37/h9-10,13-20,23-34,37,46-47H,4-8,11-12,21-22,35-36H2,1-3H3,(H,53,56)/t47-/m0/s1. The highest BCUT2D eigenvalue weighted by atomic mass is 16.6. The van der Waals surface area contributed by atoms with E-state index in [2.05, 4.69) is 41.7 Å². The van der Waals surface area contributed by atoms with Crippen molar-refractivity contribution < 1.29 is 28.6 Å². The molecule has 0 heterocycles. The number of rotatable bonds is 11. The first kappa shape index (κ1) is 41.5. The van der Waals surface area contributed by atoms with Crippen molar-refractivity contribution in [3.05, 3.63) is 167 Å².